The van der Waals surface area contributed by atoms with Crippen molar-refractivity contribution in [3.8, 4) is 0 Å². The van der Waals surface area contributed by atoms with Crippen molar-refractivity contribution in [2.24, 2.45) is 0 Å². The van der Waals surface area contributed by atoms with Gasteiger partial charge in [-0.2, -0.15) is 0 Å². The highest BCUT2D eigenvalue weighted by Gasteiger charge is 2.24. The zero-order valence-corrected chi connectivity index (χ0v) is 17.0. The van der Waals surface area contributed by atoms with Crippen LogP contribution < -0.4 is 0 Å². The molecule has 28 heavy (non-hydrogen) atoms. The summed E-state index contributed by atoms with van der Waals surface area (Å²) in [6.45, 7) is 6.65. The summed E-state index contributed by atoms with van der Waals surface area (Å²) in [6.07, 6.45) is 2.82. The minimum absolute atomic E-state index is 0.157. The van der Waals surface area contributed by atoms with Gasteiger partial charge >= 0.3 is 0 Å². The van der Waals surface area contributed by atoms with Gasteiger partial charge in [0.25, 0.3) is 0 Å². The lowest BCUT2D eigenvalue weighted by molar-refractivity contribution is -0.139. The fourth-order valence-corrected chi connectivity index (χ4v) is 3.72. The normalized spacial score (nSPS) is 14.2. The van der Waals surface area contributed by atoms with Gasteiger partial charge in [-0.15, -0.1) is 0 Å². The van der Waals surface area contributed by atoms with Crippen LogP contribution in [0.15, 0.2) is 48.5 Å². The molecule has 0 radical (unpaired) electrons. The van der Waals surface area contributed by atoms with Gasteiger partial charge in [0, 0.05) is 32.6 Å². The summed E-state index contributed by atoms with van der Waals surface area (Å²) in [4.78, 5) is 28.9. The summed E-state index contributed by atoms with van der Waals surface area (Å²) in [5.41, 5.74) is 4.71. The van der Waals surface area contributed by atoms with Gasteiger partial charge < -0.3 is 9.80 Å². The Kier molecular flexibility index (Phi) is 6.85. The summed E-state index contributed by atoms with van der Waals surface area (Å²) in [5, 5.41) is 0. The molecular formula is C24H30N2O2. The number of hydrogen-bond donors (Lipinski definition) is 0. The summed E-state index contributed by atoms with van der Waals surface area (Å²) >= 11 is 0. The quantitative estimate of drug-likeness (QED) is 0.771. The summed E-state index contributed by atoms with van der Waals surface area (Å²) < 4.78 is 0. The Labute approximate surface area is 168 Å². The first-order valence-electron chi connectivity index (χ1n) is 10.2. The number of carbonyl (C=O) groups is 2. The second-order valence-corrected chi connectivity index (χ2v) is 7.71. The van der Waals surface area contributed by atoms with Crippen LogP contribution in [0, 0.1) is 13.8 Å². The van der Waals surface area contributed by atoms with Gasteiger partial charge in [0.05, 0.1) is 6.42 Å². The van der Waals surface area contributed by atoms with Crippen LogP contribution in [0.2, 0.25) is 0 Å². The number of piperazine rings is 1. The number of benzene rings is 2. The molecule has 1 aliphatic heterocycles. The SMILES string of the molecule is Cc1ccc(C)c(CC(=O)N2CCN(C(=O)CCCc3ccccc3)CC2)c1. The van der Waals surface area contributed by atoms with E-state index in [0.717, 1.165) is 24.0 Å². The molecule has 3 rings (SSSR count). The Morgan fingerprint density at radius 3 is 2.18 bits per heavy atom. The van der Waals surface area contributed by atoms with E-state index in [1.165, 1.54) is 11.1 Å². The van der Waals surface area contributed by atoms with Gasteiger partial charge in [-0.05, 0) is 43.4 Å². The van der Waals surface area contributed by atoms with Crippen LogP contribution in [0.3, 0.4) is 0 Å². The van der Waals surface area contributed by atoms with E-state index in [9.17, 15) is 9.59 Å². The number of carbonyl (C=O) groups excluding carboxylic acids is 2. The van der Waals surface area contributed by atoms with Crippen molar-refractivity contribution in [3.63, 3.8) is 0 Å². The molecule has 1 aliphatic rings. The zero-order valence-electron chi connectivity index (χ0n) is 17.0. The van der Waals surface area contributed by atoms with Gasteiger partial charge in [-0.3, -0.25) is 9.59 Å². The summed E-state index contributed by atoms with van der Waals surface area (Å²) in [6, 6.07) is 16.5. The van der Waals surface area contributed by atoms with E-state index >= 15 is 0 Å². The number of amides is 2. The third-order valence-electron chi connectivity index (χ3n) is 5.53. The average molecular weight is 379 g/mol. The van der Waals surface area contributed by atoms with E-state index < -0.39 is 0 Å². The highest BCUT2D eigenvalue weighted by molar-refractivity contribution is 5.80. The van der Waals surface area contributed by atoms with E-state index in [1.54, 1.807) is 0 Å². The highest BCUT2D eigenvalue weighted by atomic mass is 16.2. The number of rotatable bonds is 6. The highest BCUT2D eigenvalue weighted by Crippen LogP contribution is 2.14. The van der Waals surface area contributed by atoms with Crippen LogP contribution in [-0.2, 0) is 22.4 Å². The van der Waals surface area contributed by atoms with E-state index in [1.807, 2.05) is 34.9 Å². The molecule has 2 aromatic rings. The fraction of sp³-hybridized carbons (Fsp3) is 0.417. The smallest absolute Gasteiger partial charge is 0.227 e. The van der Waals surface area contributed by atoms with Crippen molar-refractivity contribution in [2.75, 3.05) is 26.2 Å². The minimum Gasteiger partial charge on any atom is -0.339 e. The molecule has 0 saturated carbocycles. The molecule has 0 aromatic heterocycles. The first kappa shape index (κ1) is 20.1. The topological polar surface area (TPSA) is 40.6 Å². The number of nitrogens with zero attached hydrogens (tertiary/aromatic N) is 2. The number of aryl methyl sites for hydroxylation is 3. The zero-order chi connectivity index (χ0) is 19.9. The van der Waals surface area contributed by atoms with Crippen molar-refractivity contribution < 1.29 is 9.59 Å². The minimum atomic E-state index is 0.157. The molecule has 2 amide bonds. The molecule has 0 aliphatic carbocycles. The molecule has 4 nitrogen and oxygen atoms in total. The molecule has 148 valence electrons. The van der Waals surface area contributed by atoms with Gasteiger partial charge in [-0.25, -0.2) is 0 Å². The molecule has 0 bridgehead atoms. The van der Waals surface area contributed by atoms with Crippen molar-refractivity contribution in [3.05, 3.63) is 70.8 Å². The molecule has 1 fully saturated rings. The van der Waals surface area contributed by atoms with E-state index in [2.05, 4.69) is 37.3 Å². The number of hydrogen-bond acceptors (Lipinski definition) is 2. The largest absolute Gasteiger partial charge is 0.339 e. The van der Waals surface area contributed by atoms with Crippen molar-refractivity contribution >= 4 is 11.8 Å². The van der Waals surface area contributed by atoms with Crippen molar-refractivity contribution in [1.29, 1.82) is 0 Å². The molecular weight excluding hydrogens is 348 g/mol. The first-order chi connectivity index (χ1) is 13.5. The maximum Gasteiger partial charge on any atom is 0.227 e. The second-order valence-electron chi connectivity index (χ2n) is 7.71. The third kappa shape index (κ3) is 5.44. The van der Waals surface area contributed by atoms with Gasteiger partial charge in [0.1, 0.15) is 0 Å². The molecule has 0 spiro atoms. The average Bonchev–Trinajstić information content (AvgIpc) is 2.71. The Balaban J connectivity index is 1.42. The molecule has 1 heterocycles. The van der Waals surface area contributed by atoms with E-state index in [4.69, 9.17) is 0 Å². The molecule has 4 heteroatoms. The van der Waals surface area contributed by atoms with Crippen LogP contribution >= 0.6 is 0 Å². The molecule has 0 N–H and O–H groups in total. The summed E-state index contributed by atoms with van der Waals surface area (Å²) in [7, 11) is 0. The van der Waals surface area contributed by atoms with Crippen LogP contribution in [-0.4, -0.2) is 47.8 Å². The van der Waals surface area contributed by atoms with E-state index in [0.29, 0.717) is 39.0 Å². The first-order valence-corrected chi connectivity index (χ1v) is 10.2. The Bertz CT molecular complexity index is 809. The predicted molar refractivity (Wildman–Crippen MR) is 112 cm³/mol. The van der Waals surface area contributed by atoms with Gasteiger partial charge in [-0.1, -0.05) is 54.1 Å². The lowest BCUT2D eigenvalue weighted by atomic mass is 10.0. The second kappa shape index (κ2) is 9.54. The third-order valence-corrected chi connectivity index (χ3v) is 5.53. The van der Waals surface area contributed by atoms with Crippen molar-refractivity contribution in [1.82, 2.24) is 9.80 Å². The maximum atomic E-state index is 12.7. The molecule has 2 aromatic carbocycles. The maximum absolute atomic E-state index is 12.7. The molecule has 1 saturated heterocycles. The van der Waals surface area contributed by atoms with Gasteiger partial charge in [0.15, 0.2) is 0 Å². The summed E-state index contributed by atoms with van der Waals surface area (Å²) in [5.74, 6) is 0.363. The molecule has 0 atom stereocenters. The van der Waals surface area contributed by atoms with Crippen molar-refractivity contribution in [2.45, 2.75) is 39.5 Å². The van der Waals surface area contributed by atoms with Gasteiger partial charge in [0.2, 0.25) is 11.8 Å². The van der Waals surface area contributed by atoms with E-state index in [-0.39, 0.29) is 11.8 Å². The van der Waals surface area contributed by atoms with Crippen LogP contribution in [0.5, 0.6) is 0 Å². The molecule has 0 unspecified atom stereocenters. The van der Waals surface area contributed by atoms with Crippen LogP contribution in [0.4, 0.5) is 0 Å². The predicted octanol–water partition coefficient (Wildman–Crippen LogP) is 3.54. The van der Waals surface area contributed by atoms with Crippen LogP contribution in [0.25, 0.3) is 0 Å². The Morgan fingerprint density at radius 1 is 0.857 bits per heavy atom. The lowest BCUT2D eigenvalue weighted by Gasteiger charge is -2.35. The standard InChI is InChI=1S/C24H30N2O2/c1-19-11-12-20(2)22(17-19)18-24(28)26-15-13-25(14-16-26)23(27)10-6-9-21-7-4-3-5-8-21/h3-5,7-8,11-12,17H,6,9-10,13-16,18H2,1-2H3. The van der Waals surface area contributed by atoms with Crippen LogP contribution in [0.1, 0.15) is 35.1 Å². The lowest BCUT2D eigenvalue weighted by Crippen LogP contribution is -2.51. The fourth-order valence-electron chi connectivity index (χ4n) is 3.72. The Hall–Kier alpha value is -2.62. The monoisotopic (exact) mass is 378 g/mol. The Morgan fingerprint density at radius 2 is 1.50 bits per heavy atom.